The van der Waals surface area contributed by atoms with Crippen molar-refractivity contribution in [2.45, 2.75) is 32.6 Å². The van der Waals surface area contributed by atoms with E-state index in [0.29, 0.717) is 34.7 Å². The number of carbonyl (C=O) groups excluding carboxylic acids is 1. The van der Waals surface area contributed by atoms with Gasteiger partial charge in [0.15, 0.2) is 5.13 Å². The Morgan fingerprint density at radius 2 is 1.90 bits per heavy atom. The number of amides is 1. The lowest BCUT2D eigenvalue weighted by Crippen LogP contribution is -2.33. The smallest absolute Gasteiger partial charge is 0.240 e. The Labute approximate surface area is 187 Å². The van der Waals surface area contributed by atoms with Gasteiger partial charge >= 0.3 is 0 Å². The minimum Gasteiger partial charge on any atom is -0.301 e. The zero-order valence-electron chi connectivity index (χ0n) is 17.1. The van der Waals surface area contributed by atoms with Crippen LogP contribution in [0.3, 0.4) is 0 Å². The second-order valence-electron chi connectivity index (χ2n) is 7.77. The van der Waals surface area contributed by atoms with E-state index in [1.807, 2.05) is 17.0 Å². The molecule has 0 aliphatic heterocycles. The van der Waals surface area contributed by atoms with E-state index < -0.39 is 0 Å². The molecule has 2 aromatic rings. The monoisotopic (exact) mass is 451 g/mol. The lowest BCUT2D eigenvalue weighted by atomic mass is 9.90. The lowest BCUT2D eigenvalue weighted by molar-refractivity contribution is -0.117. The molecule has 0 fully saturated rings. The van der Waals surface area contributed by atoms with Gasteiger partial charge in [0.05, 0.1) is 12.2 Å². The number of hydrogen-bond acceptors (Lipinski definition) is 4. The average molecular weight is 452 g/mol. The van der Waals surface area contributed by atoms with Gasteiger partial charge in [-0.25, -0.2) is 4.98 Å². The fourth-order valence-electron chi connectivity index (χ4n) is 2.88. The van der Waals surface area contributed by atoms with E-state index in [0.717, 1.165) is 16.1 Å². The van der Waals surface area contributed by atoms with Crippen LogP contribution in [0.15, 0.2) is 43.5 Å². The zero-order valence-corrected chi connectivity index (χ0v) is 19.4. The van der Waals surface area contributed by atoms with Gasteiger partial charge in [-0.05, 0) is 17.7 Å². The number of rotatable bonds is 9. The van der Waals surface area contributed by atoms with Gasteiger partial charge < -0.3 is 5.32 Å². The molecule has 29 heavy (non-hydrogen) atoms. The number of thiazole rings is 1. The molecule has 0 radical (unpaired) electrons. The third-order valence-electron chi connectivity index (χ3n) is 4.16. The number of nitrogens with zero attached hydrogens (tertiary/aromatic N) is 2. The Bertz CT molecular complexity index is 877. The van der Waals surface area contributed by atoms with E-state index >= 15 is 0 Å². The van der Waals surface area contributed by atoms with Crippen LogP contribution in [0.1, 0.15) is 36.9 Å². The molecular formula is C22H27Cl2N3OS. The Kier molecular flexibility index (Phi) is 8.46. The molecule has 0 unspecified atom stereocenters. The molecule has 0 atom stereocenters. The van der Waals surface area contributed by atoms with Gasteiger partial charge in [0.25, 0.3) is 0 Å². The molecule has 1 aromatic carbocycles. The first kappa shape index (κ1) is 23.6. The fourth-order valence-corrected chi connectivity index (χ4v) is 4.57. The highest BCUT2D eigenvalue weighted by Crippen LogP contribution is 2.35. The summed E-state index contributed by atoms with van der Waals surface area (Å²) in [6.45, 7) is 15.3. The average Bonchev–Trinajstić information content (AvgIpc) is 3.00. The molecule has 0 aliphatic rings. The molecule has 1 amide bonds. The number of hydrogen-bond donors (Lipinski definition) is 1. The van der Waals surface area contributed by atoms with Gasteiger partial charge in [0.2, 0.25) is 5.91 Å². The van der Waals surface area contributed by atoms with Crippen LogP contribution >= 0.6 is 34.5 Å². The van der Waals surface area contributed by atoms with E-state index in [2.05, 4.69) is 39.2 Å². The summed E-state index contributed by atoms with van der Waals surface area (Å²) in [4.78, 5) is 20.2. The summed E-state index contributed by atoms with van der Waals surface area (Å²) in [7, 11) is 0. The summed E-state index contributed by atoms with van der Waals surface area (Å²) in [6, 6.07) is 5.50. The number of halogens is 2. The molecule has 1 N–H and O–H groups in total. The molecule has 7 heteroatoms. The predicted octanol–water partition coefficient (Wildman–Crippen LogP) is 5.95. The van der Waals surface area contributed by atoms with Gasteiger partial charge in [-0.1, -0.05) is 62.2 Å². The second-order valence-corrected chi connectivity index (χ2v) is 9.70. The second kappa shape index (κ2) is 10.4. The molecule has 156 valence electrons. The summed E-state index contributed by atoms with van der Waals surface area (Å²) < 4.78 is 0. The minimum atomic E-state index is -0.161. The fraction of sp³-hybridized carbons (Fsp3) is 0.364. The third-order valence-corrected chi connectivity index (χ3v) is 5.72. The van der Waals surface area contributed by atoms with Crippen molar-refractivity contribution in [1.29, 1.82) is 0 Å². The van der Waals surface area contributed by atoms with Crippen LogP contribution in [0.4, 0.5) is 5.13 Å². The van der Waals surface area contributed by atoms with Crippen molar-refractivity contribution in [3.8, 4) is 0 Å². The molecule has 4 nitrogen and oxygen atoms in total. The summed E-state index contributed by atoms with van der Waals surface area (Å²) in [5, 5.41) is 4.76. The number of nitrogens with one attached hydrogen (secondary N) is 1. The van der Waals surface area contributed by atoms with Crippen molar-refractivity contribution >= 4 is 45.6 Å². The highest BCUT2D eigenvalue weighted by molar-refractivity contribution is 7.15. The molecule has 0 spiro atoms. The summed E-state index contributed by atoms with van der Waals surface area (Å²) in [5.74, 6) is -0.112. The van der Waals surface area contributed by atoms with Gasteiger partial charge in [0, 0.05) is 39.8 Å². The highest BCUT2D eigenvalue weighted by Gasteiger charge is 2.24. The minimum absolute atomic E-state index is 0.112. The Morgan fingerprint density at radius 3 is 2.45 bits per heavy atom. The van der Waals surface area contributed by atoms with Gasteiger partial charge in [-0.2, -0.15) is 0 Å². The van der Waals surface area contributed by atoms with Gasteiger partial charge in [-0.3, -0.25) is 9.69 Å². The van der Waals surface area contributed by atoms with Crippen molar-refractivity contribution in [1.82, 2.24) is 9.88 Å². The van der Waals surface area contributed by atoms with E-state index in [-0.39, 0.29) is 17.9 Å². The molecule has 1 aromatic heterocycles. The molecular weight excluding hydrogens is 425 g/mol. The van der Waals surface area contributed by atoms with Crippen molar-refractivity contribution in [2.24, 2.45) is 0 Å². The summed E-state index contributed by atoms with van der Waals surface area (Å²) in [6.07, 6.45) is 4.17. The molecule has 0 bridgehead atoms. The SMILES string of the molecule is C=CCN(CC=C)CC(=O)Nc1nc(C(C)(C)C)c(Cc2ccc(Cl)cc2Cl)s1. The predicted molar refractivity (Wildman–Crippen MR) is 126 cm³/mol. The topological polar surface area (TPSA) is 45.2 Å². The number of carbonyl (C=O) groups is 1. The lowest BCUT2D eigenvalue weighted by Gasteiger charge is -2.18. The van der Waals surface area contributed by atoms with Crippen LogP contribution in [-0.2, 0) is 16.6 Å². The third kappa shape index (κ3) is 6.96. The van der Waals surface area contributed by atoms with Gasteiger partial charge in [0.1, 0.15) is 0 Å². The van der Waals surface area contributed by atoms with E-state index in [4.69, 9.17) is 28.2 Å². The van der Waals surface area contributed by atoms with Crippen LogP contribution in [0.25, 0.3) is 0 Å². The van der Waals surface area contributed by atoms with Crippen molar-refractivity contribution in [3.63, 3.8) is 0 Å². The quantitative estimate of drug-likeness (QED) is 0.478. The van der Waals surface area contributed by atoms with Crippen molar-refractivity contribution in [2.75, 3.05) is 25.0 Å². The molecule has 1 heterocycles. The Hall–Kier alpha value is -1.66. The Balaban J connectivity index is 2.22. The Morgan fingerprint density at radius 1 is 1.24 bits per heavy atom. The maximum Gasteiger partial charge on any atom is 0.240 e. The zero-order chi connectivity index (χ0) is 21.6. The largest absolute Gasteiger partial charge is 0.301 e. The molecule has 0 aliphatic carbocycles. The first-order chi connectivity index (χ1) is 13.6. The molecule has 2 rings (SSSR count). The first-order valence-electron chi connectivity index (χ1n) is 9.32. The number of aromatic nitrogens is 1. The first-order valence-corrected chi connectivity index (χ1v) is 10.9. The van der Waals surface area contributed by atoms with E-state index in [1.54, 1.807) is 18.2 Å². The standard InChI is InChI=1S/C22H27Cl2N3OS/c1-6-10-27(11-7-2)14-19(28)25-21-26-20(22(3,4)5)18(29-21)12-15-8-9-16(23)13-17(15)24/h6-9,13H,1-2,10-12,14H2,3-5H3,(H,25,26,28). The van der Waals surface area contributed by atoms with Crippen LogP contribution < -0.4 is 5.32 Å². The summed E-state index contributed by atoms with van der Waals surface area (Å²) >= 11 is 13.9. The normalized spacial score (nSPS) is 11.5. The number of benzene rings is 1. The van der Waals surface area contributed by atoms with Crippen LogP contribution in [0, 0.1) is 0 Å². The van der Waals surface area contributed by atoms with Crippen LogP contribution in [-0.4, -0.2) is 35.4 Å². The number of anilines is 1. The molecule has 0 saturated heterocycles. The maximum absolute atomic E-state index is 12.5. The van der Waals surface area contributed by atoms with Gasteiger partial charge in [-0.15, -0.1) is 24.5 Å². The van der Waals surface area contributed by atoms with E-state index in [1.165, 1.54) is 11.3 Å². The highest BCUT2D eigenvalue weighted by atomic mass is 35.5. The van der Waals surface area contributed by atoms with E-state index in [9.17, 15) is 4.79 Å². The summed E-state index contributed by atoms with van der Waals surface area (Å²) in [5.41, 5.74) is 1.77. The maximum atomic E-state index is 12.5. The van der Waals surface area contributed by atoms with Crippen molar-refractivity contribution in [3.05, 3.63) is 69.7 Å². The van der Waals surface area contributed by atoms with Crippen LogP contribution in [0.5, 0.6) is 0 Å². The molecule has 0 saturated carbocycles. The van der Waals surface area contributed by atoms with Crippen LogP contribution in [0.2, 0.25) is 10.0 Å². The van der Waals surface area contributed by atoms with Crippen molar-refractivity contribution < 1.29 is 4.79 Å².